The Balaban J connectivity index is 1.78. The third-order valence-electron chi connectivity index (χ3n) is 3.47. The zero-order valence-corrected chi connectivity index (χ0v) is 10.9. The molecule has 1 aromatic heterocycles. The number of nitrogens with one attached hydrogen (secondary N) is 1. The Morgan fingerprint density at radius 3 is 3.00 bits per heavy atom. The quantitative estimate of drug-likeness (QED) is 0.746. The van der Waals surface area contributed by atoms with Gasteiger partial charge in [-0.1, -0.05) is 6.07 Å². The Kier molecular flexibility index (Phi) is 5.58. The van der Waals surface area contributed by atoms with E-state index < -0.39 is 0 Å². The van der Waals surface area contributed by atoms with E-state index in [-0.39, 0.29) is 6.61 Å². The van der Waals surface area contributed by atoms with Gasteiger partial charge in [-0.15, -0.1) is 0 Å². The summed E-state index contributed by atoms with van der Waals surface area (Å²) >= 11 is 0. The molecular formula is C14H23N3O. The van der Waals surface area contributed by atoms with Crippen molar-refractivity contribution in [2.75, 3.05) is 32.8 Å². The molecule has 4 heteroatoms. The van der Waals surface area contributed by atoms with E-state index in [1.54, 1.807) is 0 Å². The number of nitrogens with zero attached hydrogens (tertiary/aromatic N) is 2. The Morgan fingerprint density at radius 1 is 1.39 bits per heavy atom. The van der Waals surface area contributed by atoms with Crippen LogP contribution in [0.4, 0.5) is 0 Å². The molecule has 1 aliphatic rings. The molecule has 1 fully saturated rings. The van der Waals surface area contributed by atoms with Gasteiger partial charge in [-0.2, -0.15) is 0 Å². The molecule has 1 aliphatic heterocycles. The van der Waals surface area contributed by atoms with Crippen molar-refractivity contribution in [3.63, 3.8) is 0 Å². The van der Waals surface area contributed by atoms with Crippen molar-refractivity contribution in [3.05, 3.63) is 30.1 Å². The van der Waals surface area contributed by atoms with Crippen LogP contribution < -0.4 is 5.32 Å². The number of aromatic nitrogens is 1. The average molecular weight is 249 g/mol. The topological polar surface area (TPSA) is 48.4 Å². The molecule has 0 aromatic carbocycles. The summed E-state index contributed by atoms with van der Waals surface area (Å²) < 4.78 is 0. The second kappa shape index (κ2) is 7.46. The maximum absolute atomic E-state index is 9.13. The smallest absolute Gasteiger partial charge is 0.0558 e. The summed E-state index contributed by atoms with van der Waals surface area (Å²) in [6.07, 6.45) is 5.32. The Hall–Kier alpha value is -0.970. The minimum absolute atomic E-state index is 0.231. The van der Waals surface area contributed by atoms with E-state index in [0.29, 0.717) is 6.04 Å². The highest BCUT2D eigenvalue weighted by molar-refractivity contribution is 5.03. The van der Waals surface area contributed by atoms with Crippen LogP contribution in [0.25, 0.3) is 0 Å². The molecule has 18 heavy (non-hydrogen) atoms. The van der Waals surface area contributed by atoms with Crippen LogP contribution in [0, 0.1) is 0 Å². The van der Waals surface area contributed by atoms with Gasteiger partial charge in [0.05, 0.1) is 6.61 Å². The molecule has 1 unspecified atom stereocenters. The van der Waals surface area contributed by atoms with Gasteiger partial charge in [-0.25, -0.2) is 0 Å². The maximum Gasteiger partial charge on any atom is 0.0558 e. The van der Waals surface area contributed by atoms with Crippen molar-refractivity contribution in [1.82, 2.24) is 15.2 Å². The van der Waals surface area contributed by atoms with Crippen molar-refractivity contribution in [3.8, 4) is 0 Å². The molecule has 2 rings (SSSR count). The predicted molar refractivity (Wildman–Crippen MR) is 72.5 cm³/mol. The van der Waals surface area contributed by atoms with E-state index in [9.17, 15) is 0 Å². The van der Waals surface area contributed by atoms with Gasteiger partial charge in [0.15, 0.2) is 0 Å². The lowest BCUT2D eigenvalue weighted by atomic mass is 10.2. The van der Waals surface area contributed by atoms with E-state index >= 15 is 0 Å². The standard InChI is InChI=1S/C14H23N3O/c18-11-10-17(12-14-5-3-8-16-14)9-6-13-4-1-2-7-15-13/h1-2,4,7,14,16,18H,3,5-6,8-12H2. The molecule has 2 N–H and O–H groups in total. The normalized spacial score (nSPS) is 19.6. The largest absolute Gasteiger partial charge is 0.395 e. The van der Waals surface area contributed by atoms with Gasteiger partial charge in [0.1, 0.15) is 0 Å². The molecule has 0 bridgehead atoms. The van der Waals surface area contributed by atoms with Crippen molar-refractivity contribution >= 4 is 0 Å². The van der Waals surface area contributed by atoms with Gasteiger partial charge < -0.3 is 10.4 Å². The number of aliphatic hydroxyl groups is 1. The molecule has 100 valence electrons. The summed E-state index contributed by atoms with van der Waals surface area (Å²) in [4.78, 5) is 6.67. The van der Waals surface area contributed by atoms with Crippen molar-refractivity contribution in [2.45, 2.75) is 25.3 Å². The predicted octanol–water partition coefficient (Wildman–Crippen LogP) is 0.670. The monoisotopic (exact) mass is 249 g/mol. The van der Waals surface area contributed by atoms with Crippen LogP contribution in [-0.4, -0.2) is 53.8 Å². The third kappa shape index (κ3) is 4.37. The first kappa shape index (κ1) is 13.5. The van der Waals surface area contributed by atoms with E-state index in [0.717, 1.165) is 38.3 Å². The lowest BCUT2D eigenvalue weighted by Crippen LogP contribution is -2.40. The first-order chi connectivity index (χ1) is 8.88. The zero-order chi connectivity index (χ0) is 12.6. The summed E-state index contributed by atoms with van der Waals surface area (Å²) in [6, 6.07) is 6.62. The minimum atomic E-state index is 0.231. The van der Waals surface area contributed by atoms with Crippen LogP contribution in [0.1, 0.15) is 18.5 Å². The molecule has 0 aliphatic carbocycles. The van der Waals surface area contributed by atoms with E-state index in [2.05, 4.69) is 21.3 Å². The second-order valence-electron chi connectivity index (χ2n) is 4.89. The van der Waals surface area contributed by atoms with Gasteiger partial charge in [-0.3, -0.25) is 9.88 Å². The second-order valence-corrected chi connectivity index (χ2v) is 4.89. The first-order valence-corrected chi connectivity index (χ1v) is 6.85. The Morgan fingerprint density at radius 2 is 2.33 bits per heavy atom. The Labute approximate surface area is 109 Å². The zero-order valence-electron chi connectivity index (χ0n) is 10.9. The van der Waals surface area contributed by atoms with Crippen LogP contribution in [0.2, 0.25) is 0 Å². The van der Waals surface area contributed by atoms with Crippen LogP contribution in [0.5, 0.6) is 0 Å². The Bertz CT molecular complexity index is 325. The highest BCUT2D eigenvalue weighted by atomic mass is 16.3. The number of pyridine rings is 1. The third-order valence-corrected chi connectivity index (χ3v) is 3.47. The number of hydrogen-bond acceptors (Lipinski definition) is 4. The lowest BCUT2D eigenvalue weighted by molar-refractivity contribution is 0.186. The molecule has 4 nitrogen and oxygen atoms in total. The number of rotatable bonds is 7. The van der Waals surface area contributed by atoms with Crippen molar-refractivity contribution in [1.29, 1.82) is 0 Å². The summed E-state index contributed by atoms with van der Waals surface area (Å²) in [5.74, 6) is 0. The molecule has 0 spiro atoms. The van der Waals surface area contributed by atoms with Crippen LogP contribution in [0.15, 0.2) is 24.4 Å². The maximum atomic E-state index is 9.13. The van der Waals surface area contributed by atoms with Crippen LogP contribution in [-0.2, 0) is 6.42 Å². The van der Waals surface area contributed by atoms with Crippen LogP contribution in [0.3, 0.4) is 0 Å². The first-order valence-electron chi connectivity index (χ1n) is 6.85. The highest BCUT2D eigenvalue weighted by Gasteiger charge is 2.17. The van der Waals surface area contributed by atoms with Gasteiger partial charge in [0, 0.05) is 44.0 Å². The summed E-state index contributed by atoms with van der Waals surface area (Å²) in [7, 11) is 0. The average Bonchev–Trinajstić information content (AvgIpc) is 2.90. The molecule has 0 radical (unpaired) electrons. The SMILES string of the molecule is OCCN(CCc1ccccn1)CC1CCCN1. The summed E-state index contributed by atoms with van der Waals surface area (Å²) in [5, 5.41) is 12.6. The molecule has 1 aromatic rings. The fraction of sp³-hybridized carbons (Fsp3) is 0.643. The fourth-order valence-corrected chi connectivity index (χ4v) is 2.48. The molecular weight excluding hydrogens is 226 g/mol. The van der Waals surface area contributed by atoms with E-state index in [1.807, 2.05) is 18.3 Å². The lowest BCUT2D eigenvalue weighted by Gasteiger charge is -2.24. The van der Waals surface area contributed by atoms with Crippen molar-refractivity contribution in [2.24, 2.45) is 0 Å². The van der Waals surface area contributed by atoms with Gasteiger partial charge in [-0.05, 0) is 31.5 Å². The van der Waals surface area contributed by atoms with Crippen LogP contribution >= 0.6 is 0 Å². The molecule has 1 atom stereocenters. The van der Waals surface area contributed by atoms with Gasteiger partial charge in [0.2, 0.25) is 0 Å². The van der Waals surface area contributed by atoms with E-state index in [1.165, 1.54) is 12.8 Å². The summed E-state index contributed by atoms with van der Waals surface area (Å²) in [5.41, 5.74) is 1.12. The van der Waals surface area contributed by atoms with Gasteiger partial charge >= 0.3 is 0 Å². The van der Waals surface area contributed by atoms with Gasteiger partial charge in [0.25, 0.3) is 0 Å². The van der Waals surface area contributed by atoms with Crippen molar-refractivity contribution < 1.29 is 5.11 Å². The fourth-order valence-electron chi connectivity index (χ4n) is 2.48. The number of aliphatic hydroxyl groups excluding tert-OH is 1. The molecule has 2 heterocycles. The summed E-state index contributed by atoms with van der Waals surface area (Å²) in [6.45, 7) is 4.13. The molecule has 0 saturated carbocycles. The van der Waals surface area contributed by atoms with E-state index in [4.69, 9.17) is 5.11 Å². The number of hydrogen-bond donors (Lipinski definition) is 2. The molecule has 0 amide bonds. The highest BCUT2D eigenvalue weighted by Crippen LogP contribution is 2.07. The molecule has 1 saturated heterocycles. The minimum Gasteiger partial charge on any atom is -0.395 e.